The molecule has 2 amide bonds. The molecule has 0 atom stereocenters. The van der Waals surface area contributed by atoms with Crippen molar-refractivity contribution >= 4 is 27.3 Å². The van der Waals surface area contributed by atoms with Gasteiger partial charge in [0.05, 0.1) is 23.7 Å². The van der Waals surface area contributed by atoms with Crippen molar-refractivity contribution in [2.75, 3.05) is 84.5 Å². The Kier molecular flexibility index (Phi) is 10.3. The van der Waals surface area contributed by atoms with Crippen molar-refractivity contribution in [1.29, 1.82) is 0 Å². The van der Waals surface area contributed by atoms with Gasteiger partial charge in [-0.2, -0.15) is 0 Å². The highest BCUT2D eigenvalue weighted by molar-refractivity contribution is 7.93. The lowest BCUT2D eigenvalue weighted by Crippen LogP contribution is -2.61. The van der Waals surface area contributed by atoms with Gasteiger partial charge in [-0.15, -0.1) is 0 Å². The highest BCUT2D eigenvalue weighted by Gasteiger charge is 2.53. The fourth-order valence-electron chi connectivity index (χ4n) is 6.92. The van der Waals surface area contributed by atoms with E-state index >= 15 is 0 Å². The quantitative estimate of drug-likeness (QED) is 0.361. The molecule has 3 fully saturated rings. The van der Waals surface area contributed by atoms with E-state index in [9.17, 15) is 18.0 Å². The van der Waals surface area contributed by atoms with E-state index in [-0.39, 0.29) is 41.0 Å². The standard InChI is InChI=1S/C36H45N5O5S/c1-39-18-20-41(21-19-39)35(43)36(14-16-37-17-15-36)47(44,45)30-12-13-33(31(26-30)34(42)40-22-24-46-25-23-40)38-27-32(28-8-4-2-5-9-28)29-10-6-3-7-11-29/h2-13,26,32,37-38H,14-25,27H2,1H3. The molecule has 3 aliphatic rings. The van der Waals surface area contributed by atoms with Crippen LogP contribution in [0.4, 0.5) is 5.69 Å². The lowest BCUT2D eigenvalue weighted by atomic mass is 9.91. The smallest absolute Gasteiger partial charge is 0.256 e. The minimum atomic E-state index is -4.17. The zero-order valence-corrected chi connectivity index (χ0v) is 27.9. The molecule has 0 saturated carbocycles. The number of anilines is 1. The molecule has 0 aromatic heterocycles. The lowest BCUT2D eigenvalue weighted by Gasteiger charge is -2.42. The summed E-state index contributed by atoms with van der Waals surface area (Å²) in [5.41, 5.74) is 3.09. The first-order valence-corrected chi connectivity index (χ1v) is 18.1. The summed E-state index contributed by atoms with van der Waals surface area (Å²) in [4.78, 5) is 33.9. The number of morpholine rings is 1. The SMILES string of the molecule is CN1CCN(C(=O)C2(S(=O)(=O)c3ccc(NCC(c4ccccc4)c4ccccc4)c(C(=O)N4CCOCC4)c3)CCNCC2)CC1. The van der Waals surface area contributed by atoms with Crippen LogP contribution in [0, 0.1) is 0 Å². The molecule has 0 radical (unpaired) electrons. The average Bonchev–Trinajstić information content (AvgIpc) is 3.13. The lowest BCUT2D eigenvalue weighted by molar-refractivity contribution is -0.136. The molecule has 0 bridgehead atoms. The Hall–Kier alpha value is -3.77. The number of benzene rings is 3. The molecule has 10 nitrogen and oxygen atoms in total. The molecule has 47 heavy (non-hydrogen) atoms. The minimum absolute atomic E-state index is 0.00621. The van der Waals surface area contributed by atoms with Gasteiger partial charge in [0.15, 0.2) is 14.6 Å². The second kappa shape index (κ2) is 14.6. The normalized spacial score (nSPS) is 19.0. The van der Waals surface area contributed by atoms with Crippen molar-refractivity contribution in [3.63, 3.8) is 0 Å². The first-order valence-electron chi connectivity index (χ1n) is 16.6. The Labute approximate surface area is 278 Å². The highest BCUT2D eigenvalue weighted by atomic mass is 32.2. The summed E-state index contributed by atoms with van der Waals surface area (Å²) in [6.45, 7) is 5.42. The molecule has 0 unspecified atom stereocenters. The Morgan fingerprint density at radius 1 is 0.830 bits per heavy atom. The minimum Gasteiger partial charge on any atom is -0.383 e. The summed E-state index contributed by atoms with van der Waals surface area (Å²) in [5.74, 6) is -0.594. The zero-order chi connectivity index (χ0) is 32.9. The summed E-state index contributed by atoms with van der Waals surface area (Å²) in [7, 11) is -2.17. The molecular weight excluding hydrogens is 614 g/mol. The molecule has 250 valence electrons. The van der Waals surface area contributed by atoms with Gasteiger partial charge in [0.25, 0.3) is 5.91 Å². The fourth-order valence-corrected chi connectivity index (χ4v) is 8.99. The van der Waals surface area contributed by atoms with Crippen molar-refractivity contribution in [3.05, 3.63) is 95.6 Å². The van der Waals surface area contributed by atoms with Crippen molar-refractivity contribution < 1.29 is 22.7 Å². The number of piperazine rings is 1. The van der Waals surface area contributed by atoms with Crippen molar-refractivity contribution in [2.45, 2.75) is 28.4 Å². The third kappa shape index (κ3) is 6.94. The highest BCUT2D eigenvalue weighted by Crippen LogP contribution is 2.38. The number of hydrogen-bond acceptors (Lipinski definition) is 8. The summed E-state index contributed by atoms with van der Waals surface area (Å²) in [6.07, 6.45) is 0.367. The maximum absolute atomic E-state index is 14.7. The van der Waals surface area contributed by atoms with Crippen LogP contribution < -0.4 is 10.6 Å². The Morgan fingerprint density at radius 2 is 1.43 bits per heavy atom. The molecule has 3 aromatic rings. The van der Waals surface area contributed by atoms with Gasteiger partial charge in [-0.1, -0.05) is 60.7 Å². The molecule has 0 spiro atoms. The first kappa shape index (κ1) is 33.1. The van der Waals surface area contributed by atoms with Crippen LogP contribution in [0.15, 0.2) is 83.8 Å². The first-order chi connectivity index (χ1) is 22.8. The number of sulfone groups is 1. The number of carbonyl (C=O) groups is 2. The number of carbonyl (C=O) groups excluding carboxylic acids is 2. The third-order valence-electron chi connectivity index (χ3n) is 9.84. The predicted molar refractivity (Wildman–Crippen MR) is 182 cm³/mol. The van der Waals surface area contributed by atoms with E-state index in [1.165, 1.54) is 6.07 Å². The number of nitrogens with zero attached hydrogens (tertiary/aromatic N) is 3. The van der Waals surface area contributed by atoms with Crippen LogP contribution in [-0.2, 0) is 19.4 Å². The fraction of sp³-hybridized carbons (Fsp3) is 0.444. The molecule has 0 aliphatic carbocycles. The topological polar surface area (TPSA) is 111 Å². The largest absolute Gasteiger partial charge is 0.383 e. The molecule has 3 saturated heterocycles. The van der Waals surface area contributed by atoms with E-state index in [0.29, 0.717) is 77.8 Å². The van der Waals surface area contributed by atoms with Crippen LogP contribution >= 0.6 is 0 Å². The molecule has 2 N–H and O–H groups in total. The Bertz CT molecular complexity index is 1590. The van der Waals surface area contributed by atoms with E-state index in [4.69, 9.17) is 4.74 Å². The maximum atomic E-state index is 14.7. The maximum Gasteiger partial charge on any atom is 0.256 e. The second-order valence-corrected chi connectivity index (χ2v) is 15.0. The van der Waals surface area contributed by atoms with Gasteiger partial charge in [-0.25, -0.2) is 8.42 Å². The summed E-state index contributed by atoms with van der Waals surface area (Å²) in [5, 5.41) is 6.75. The third-order valence-corrected chi connectivity index (χ3v) is 12.3. The number of hydrogen-bond donors (Lipinski definition) is 2. The molecular formula is C36H45N5O5S. The number of nitrogens with one attached hydrogen (secondary N) is 2. The zero-order valence-electron chi connectivity index (χ0n) is 27.1. The number of piperidine rings is 1. The monoisotopic (exact) mass is 659 g/mol. The summed E-state index contributed by atoms with van der Waals surface area (Å²) < 4.78 is 33.3. The Balaban J connectivity index is 1.36. The molecule has 6 rings (SSSR count). The average molecular weight is 660 g/mol. The van der Waals surface area contributed by atoms with Crippen LogP contribution in [0.25, 0.3) is 0 Å². The molecule has 3 aliphatic heterocycles. The van der Waals surface area contributed by atoms with Gasteiger partial charge < -0.3 is 30.1 Å². The van der Waals surface area contributed by atoms with Gasteiger partial charge in [-0.05, 0) is 62.3 Å². The van der Waals surface area contributed by atoms with Crippen LogP contribution in [0.3, 0.4) is 0 Å². The van der Waals surface area contributed by atoms with E-state index in [0.717, 1.165) is 11.1 Å². The number of likely N-dealkylation sites (N-methyl/N-ethyl adjacent to an activating group) is 1. The predicted octanol–water partition coefficient (Wildman–Crippen LogP) is 3.07. The van der Waals surface area contributed by atoms with E-state index in [1.54, 1.807) is 21.9 Å². The molecule has 3 aromatic carbocycles. The van der Waals surface area contributed by atoms with Crippen LogP contribution in [0.1, 0.15) is 40.2 Å². The van der Waals surface area contributed by atoms with Gasteiger partial charge in [-0.3, -0.25) is 9.59 Å². The van der Waals surface area contributed by atoms with Gasteiger partial charge >= 0.3 is 0 Å². The van der Waals surface area contributed by atoms with Crippen molar-refractivity contribution in [2.24, 2.45) is 0 Å². The van der Waals surface area contributed by atoms with E-state index < -0.39 is 14.6 Å². The van der Waals surface area contributed by atoms with Crippen molar-refractivity contribution in [3.8, 4) is 0 Å². The number of rotatable bonds is 9. The van der Waals surface area contributed by atoms with Crippen LogP contribution in [0.5, 0.6) is 0 Å². The Morgan fingerprint density at radius 3 is 2.02 bits per heavy atom. The van der Waals surface area contributed by atoms with Gasteiger partial charge in [0.2, 0.25) is 5.91 Å². The second-order valence-electron chi connectivity index (χ2n) is 12.7. The van der Waals surface area contributed by atoms with Crippen molar-refractivity contribution in [1.82, 2.24) is 20.0 Å². The summed E-state index contributed by atoms with van der Waals surface area (Å²) >= 11 is 0. The van der Waals surface area contributed by atoms with E-state index in [2.05, 4.69) is 39.8 Å². The van der Waals surface area contributed by atoms with Gasteiger partial charge in [0, 0.05) is 57.4 Å². The number of ether oxygens (including phenoxy) is 1. The van der Waals surface area contributed by atoms with Crippen LogP contribution in [-0.4, -0.2) is 119 Å². The van der Waals surface area contributed by atoms with Crippen LogP contribution in [0.2, 0.25) is 0 Å². The number of amides is 2. The molecule has 3 heterocycles. The van der Waals surface area contributed by atoms with E-state index in [1.807, 2.05) is 43.4 Å². The summed E-state index contributed by atoms with van der Waals surface area (Å²) in [6, 6.07) is 25.1. The van der Waals surface area contributed by atoms with Gasteiger partial charge in [0.1, 0.15) is 0 Å². The molecule has 11 heteroatoms.